The molecule has 1 amide bonds. The van der Waals surface area contributed by atoms with Crippen LogP contribution in [0.3, 0.4) is 0 Å². The summed E-state index contributed by atoms with van der Waals surface area (Å²) in [6.07, 6.45) is 0.921. The molecule has 0 spiro atoms. The number of hydrogen-bond donors (Lipinski definition) is 3. The second kappa shape index (κ2) is 5.52. The van der Waals surface area contributed by atoms with Gasteiger partial charge in [-0.3, -0.25) is 5.10 Å². The van der Waals surface area contributed by atoms with Crippen LogP contribution < -0.4 is 5.32 Å². The van der Waals surface area contributed by atoms with Gasteiger partial charge in [0, 0.05) is 12.6 Å². The molecule has 0 aromatic carbocycles. The van der Waals surface area contributed by atoms with Crippen LogP contribution in [-0.2, 0) is 16.0 Å². The van der Waals surface area contributed by atoms with Crippen LogP contribution in [0.1, 0.15) is 26.5 Å². The predicted molar refractivity (Wildman–Crippen MR) is 63.1 cm³/mol. The summed E-state index contributed by atoms with van der Waals surface area (Å²) in [5, 5.41) is 17.7. The van der Waals surface area contributed by atoms with Gasteiger partial charge >= 0.3 is 12.1 Å². The van der Waals surface area contributed by atoms with Gasteiger partial charge in [0.25, 0.3) is 0 Å². The Morgan fingerprint density at radius 3 is 2.67 bits per heavy atom. The molecule has 1 aromatic heterocycles. The highest BCUT2D eigenvalue weighted by Crippen LogP contribution is 2.07. The van der Waals surface area contributed by atoms with E-state index < -0.39 is 23.7 Å². The molecule has 0 aliphatic rings. The summed E-state index contributed by atoms with van der Waals surface area (Å²) in [6, 6.07) is 0.579. The third-order valence-electron chi connectivity index (χ3n) is 1.96. The number of nitrogens with zero attached hydrogens (tertiary/aromatic N) is 1. The highest BCUT2D eigenvalue weighted by Gasteiger charge is 2.24. The fraction of sp³-hybridized carbons (Fsp3) is 0.545. The number of nitrogens with one attached hydrogen (secondary N) is 2. The topological polar surface area (TPSA) is 104 Å². The van der Waals surface area contributed by atoms with E-state index in [0.717, 1.165) is 0 Å². The van der Waals surface area contributed by atoms with E-state index in [1.165, 1.54) is 0 Å². The van der Waals surface area contributed by atoms with Crippen molar-refractivity contribution < 1.29 is 19.4 Å². The van der Waals surface area contributed by atoms with Crippen LogP contribution in [0.25, 0.3) is 0 Å². The van der Waals surface area contributed by atoms with Crippen LogP contribution in [0.4, 0.5) is 4.79 Å². The van der Waals surface area contributed by atoms with Crippen LogP contribution in [0.15, 0.2) is 12.3 Å². The van der Waals surface area contributed by atoms with Gasteiger partial charge in [-0.15, -0.1) is 0 Å². The lowest BCUT2D eigenvalue weighted by Crippen LogP contribution is -2.44. The van der Waals surface area contributed by atoms with Gasteiger partial charge in [0.15, 0.2) is 0 Å². The van der Waals surface area contributed by atoms with E-state index >= 15 is 0 Å². The molecule has 0 radical (unpaired) electrons. The normalized spacial score (nSPS) is 12.8. The van der Waals surface area contributed by atoms with Gasteiger partial charge in [-0.2, -0.15) is 5.10 Å². The summed E-state index contributed by atoms with van der Waals surface area (Å²) in [4.78, 5) is 22.5. The number of H-pyrrole nitrogens is 1. The smallest absolute Gasteiger partial charge is 0.408 e. The molecule has 0 saturated carbocycles. The summed E-state index contributed by atoms with van der Waals surface area (Å²) in [6.45, 7) is 5.11. The van der Waals surface area contributed by atoms with E-state index in [-0.39, 0.29) is 6.42 Å². The zero-order valence-electron chi connectivity index (χ0n) is 10.6. The SMILES string of the molecule is CC(C)(C)OC(=O)N[C@@H](Cc1cc[nH]n1)C(=O)O. The van der Waals surface area contributed by atoms with Crippen molar-refractivity contribution in [2.45, 2.75) is 38.8 Å². The van der Waals surface area contributed by atoms with Crippen LogP contribution in [-0.4, -0.2) is 39.0 Å². The molecular weight excluding hydrogens is 238 g/mol. The van der Waals surface area contributed by atoms with Crippen LogP contribution in [0.5, 0.6) is 0 Å². The second-order valence-corrected chi connectivity index (χ2v) is 4.81. The van der Waals surface area contributed by atoms with Crippen molar-refractivity contribution in [2.24, 2.45) is 0 Å². The molecule has 1 heterocycles. The number of alkyl carbamates (subject to hydrolysis) is 1. The summed E-state index contributed by atoms with van der Waals surface area (Å²) >= 11 is 0. The molecule has 1 atom stereocenters. The first-order valence-electron chi connectivity index (χ1n) is 5.49. The number of aliphatic carboxylic acids is 1. The van der Waals surface area contributed by atoms with Crippen molar-refractivity contribution in [1.29, 1.82) is 0 Å². The van der Waals surface area contributed by atoms with Crippen LogP contribution >= 0.6 is 0 Å². The summed E-state index contributed by atoms with van der Waals surface area (Å²) in [5.74, 6) is -1.14. The number of carbonyl (C=O) groups excluding carboxylic acids is 1. The molecule has 7 nitrogen and oxygen atoms in total. The molecule has 0 fully saturated rings. The lowest BCUT2D eigenvalue weighted by molar-refractivity contribution is -0.139. The van der Waals surface area contributed by atoms with E-state index in [1.807, 2.05) is 0 Å². The molecule has 1 rings (SSSR count). The Bertz CT molecular complexity index is 408. The zero-order valence-corrected chi connectivity index (χ0v) is 10.6. The van der Waals surface area contributed by atoms with Gasteiger partial charge in [0.05, 0.1) is 5.69 Å². The molecule has 7 heteroatoms. The van der Waals surface area contributed by atoms with Gasteiger partial charge < -0.3 is 15.2 Å². The number of carbonyl (C=O) groups is 2. The van der Waals surface area contributed by atoms with Crippen LogP contribution in [0.2, 0.25) is 0 Å². The maximum atomic E-state index is 11.5. The van der Waals surface area contributed by atoms with Gasteiger partial charge in [-0.05, 0) is 26.8 Å². The third-order valence-corrected chi connectivity index (χ3v) is 1.96. The largest absolute Gasteiger partial charge is 0.480 e. The predicted octanol–water partition coefficient (Wildman–Crippen LogP) is 0.930. The van der Waals surface area contributed by atoms with Gasteiger partial charge in [0.2, 0.25) is 0 Å². The summed E-state index contributed by atoms with van der Waals surface area (Å²) in [5.41, 5.74) is -0.113. The Labute approximate surface area is 105 Å². The average molecular weight is 255 g/mol. The number of rotatable bonds is 4. The number of amides is 1. The number of carboxylic acids is 1. The number of aromatic amines is 1. The molecule has 0 saturated heterocycles. The Balaban J connectivity index is 2.58. The number of hydrogen-bond acceptors (Lipinski definition) is 4. The minimum Gasteiger partial charge on any atom is -0.480 e. The van der Waals surface area contributed by atoms with E-state index in [2.05, 4.69) is 15.5 Å². The van der Waals surface area contributed by atoms with Gasteiger partial charge in [-0.25, -0.2) is 9.59 Å². The molecule has 0 aliphatic carbocycles. The van der Waals surface area contributed by atoms with Crippen molar-refractivity contribution >= 4 is 12.1 Å². The summed E-state index contributed by atoms with van der Waals surface area (Å²) < 4.78 is 5.00. The lowest BCUT2D eigenvalue weighted by atomic mass is 10.1. The molecule has 18 heavy (non-hydrogen) atoms. The first-order valence-corrected chi connectivity index (χ1v) is 5.49. The monoisotopic (exact) mass is 255 g/mol. The van der Waals surface area contributed by atoms with Gasteiger partial charge in [0.1, 0.15) is 11.6 Å². The third kappa shape index (κ3) is 4.86. The number of carboxylic acid groups (broad SMARTS) is 1. The molecule has 0 unspecified atom stereocenters. The molecule has 1 aromatic rings. The van der Waals surface area contributed by atoms with Crippen molar-refractivity contribution in [1.82, 2.24) is 15.5 Å². The van der Waals surface area contributed by atoms with Crippen molar-refractivity contribution in [2.75, 3.05) is 0 Å². The first-order chi connectivity index (χ1) is 8.28. The maximum absolute atomic E-state index is 11.5. The number of aromatic nitrogens is 2. The minimum absolute atomic E-state index is 0.0953. The van der Waals surface area contributed by atoms with Gasteiger partial charge in [-0.1, -0.05) is 0 Å². The fourth-order valence-electron chi connectivity index (χ4n) is 1.26. The Hall–Kier alpha value is -2.05. The zero-order chi connectivity index (χ0) is 13.8. The first kappa shape index (κ1) is 14.0. The van der Waals surface area contributed by atoms with E-state index in [0.29, 0.717) is 5.69 Å². The highest BCUT2D eigenvalue weighted by molar-refractivity contribution is 5.80. The Morgan fingerprint density at radius 2 is 2.22 bits per heavy atom. The molecule has 100 valence electrons. The highest BCUT2D eigenvalue weighted by atomic mass is 16.6. The Morgan fingerprint density at radius 1 is 1.56 bits per heavy atom. The minimum atomic E-state index is -1.14. The quantitative estimate of drug-likeness (QED) is 0.742. The van der Waals surface area contributed by atoms with Crippen LogP contribution in [0, 0.1) is 0 Å². The van der Waals surface area contributed by atoms with E-state index in [9.17, 15) is 9.59 Å². The fourth-order valence-corrected chi connectivity index (χ4v) is 1.26. The average Bonchev–Trinajstić information content (AvgIpc) is 2.66. The molecule has 3 N–H and O–H groups in total. The molecular formula is C11H17N3O4. The maximum Gasteiger partial charge on any atom is 0.408 e. The Kier molecular flexibility index (Phi) is 4.30. The van der Waals surface area contributed by atoms with Crippen molar-refractivity contribution in [3.05, 3.63) is 18.0 Å². The van der Waals surface area contributed by atoms with Crippen molar-refractivity contribution in [3.63, 3.8) is 0 Å². The standard InChI is InChI=1S/C11H17N3O4/c1-11(2,3)18-10(17)13-8(9(15)16)6-7-4-5-12-14-7/h4-5,8H,6H2,1-3H3,(H,12,14)(H,13,17)(H,15,16)/t8-/m0/s1. The van der Waals surface area contributed by atoms with E-state index in [1.54, 1.807) is 33.0 Å². The lowest BCUT2D eigenvalue weighted by Gasteiger charge is -2.21. The number of ether oxygens (including phenoxy) is 1. The molecule has 0 bridgehead atoms. The summed E-state index contributed by atoms with van der Waals surface area (Å²) in [7, 11) is 0. The van der Waals surface area contributed by atoms with E-state index in [4.69, 9.17) is 9.84 Å². The molecule has 0 aliphatic heterocycles. The van der Waals surface area contributed by atoms with Crippen molar-refractivity contribution in [3.8, 4) is 0 Å². The second-order valence-electron chi connectivity index (χ2n) is 4.81.